The fourth-order valence-corrected chi connectivity index (χ4v) is 0.484. The van der Waals surface area contributed by atoms with Gasteiger partial charge in [-0.3, -0.25) is 0 Å². The molecule has 0 rings (SSSR count). The molecule has 0 N–H and O–H groups in total. The van der Waals surface area contributed by atoms with Crippen molar-refractivity contribution in [3.05, 3.63) is 0 Å². The Balaban J connectivity index is 3.53. The second-order valence-corrected chi connectivity index (χ2v) is 1.50. The second kappa shape index (κ2) is 5.69. The van der Waals surface area contributed by atoms with Crippen molar-refractivity contribution in [2.24, 2.45) is 5.16 Å². The van der Waals surface area contributed by atoms with E-state index in [1.165, 1.54) is 7.11 Å². The first-order valence-corrected chi connectivity index (χ1v) is 3.17. The molecule has 0 radical (unpaired) electrons. The molecule has 3 nitrogen and oxygen atoms in total. The molecule has 9 heavy (non-hydrogen) atoms. The van der Waals surface area contributed by atoms with E-state index in [1.54, 1.807) is 0 Å². The number of ether oxygens (including phenoxy) is 1. The van der Waals surface area contributed by atoms with Gasteiger partial charge in [-0.05, 0) is 6.92 Å². The van der Waals surface area contributed by atoms with Crippen LogP contribution in [0.3, 0.4) is 0 Å². The average molecular weight is 152 g/mol. The second-order valence-electron chi connectivity index (χ2n) is 1.23. The molecule has 0 saturated carbocycles. The Bertz CT molecular complexity index is 95.0. The van der Waals surface area contributed by atoms with Gasteiger partial charge in [-0.25, -0.2) is 0 Å². The molecule has 0 aliphatic carbocycles. The highest BCUT2D eigenvalue weighted by molar-refractivity contribution is 6.27. The van der Waals surface area contributed by atoms with Crippen molar-refractivity contribution in [2.45, 2.75) is 6.92 Å². The Morgan fingerprint density at radius 1 is 1.67 bits per heavy atom. The van der Waals surface area contributed by atoms with Gasteiger partial charge in [0, 0.05) is 0 Å². The molecule has 0 heterocycles. The lowest BCUT2D eigenvalue weighted by molar-refractivity contribution is 0.192. The van der Waals surface area contributed by atoms with Crippen LogP contribution in [0.5, 0.6) is 0 Å². The number of hydrogen-bond donors (Lipinski definition) is 0. The summed E-state index contributed by atoms with van der Waals surface area (Å²) in [6.07, 6.45) is 0. The van der Waals surface area contributed by atoms with E-state index >= 15 is 0 Å². The van der Waals surface area contributed by atoms with E-state index in [9.17, 15) is 0 Å². The fraction of sp³-hybridized carbons (Fsp3) is 0.800. The Morgan fingerprint density at radius 3 is 2.67 bits per heavy atom. The maximum absolute atomic E-state index is 5.39. The van der Waals surface area contributed by atoms with Gasteiger partial charge in [0.05, 0.1) is 6.61 Å². The molecule has 54 valence electrons. The van der Waals surface area contributed by atoms with Crippen LogP contribution in [0.1, 0.15) is 6.92 Å². The van der Waals surface area contributed by atoms with Crippen molar-refractivity contribution in [1.29, 1.82) is 0 Å². The molecule has 0 aliphatic heterocycles. The first-order chi connectivity index (χ1) is 4.35. The van der Waals surface area contributed by atoms with Crippen LogP contribution in [0.15, 0.2) is 5.16 Å². The molecule has 4 heteroatoms. The summed E-state index contributed by atoms with van der Waals surface area (Å²) < 4.78 is 4.92. The summed E-state index contributed by atoms with van der Waals surface area (Å²) in [5, 5.41) is 3.49. The lowest BCUT2D eigenvalue weighted by Gasteiger charge is -2.00. The van der Waals surface area contributed by atoms with E-state index in [1.807, 2.05) is 6.92 Å². The summed E-state index contributed by atoms with van der Waals surface area (Å²) in [6, 6.07) is 0. The summed E-state index contributed by atoms with van der Waals surface area (Å²) in [5.74, 6) is 0.670. The van der Waals surface area contributed by atoms with Crippen LogP contribution in [-0.4, -0.2) is 25.5 Å². The zero-order valence-electron chi connectivity index (χ0n) is 5.56. The van der Waals surface area contributed by atoms with Crippen LogP contribution < -0.4 is 0 Å². The monoisotopic (exact) mass is 151 g/mol. The van der Waals surface area contributed by atoms with E-state index in [4.69, 9.17) is 16.3 Å². The van der Waals surface area contributed by atoms with Crippen LogP contribution in [-0.2, 0) is 9.57 Å². The van der Waals surface area contributed by atoms with Crippen LogP contribution in [0.4, 0.5) is 0 Å². The Kier molecular flexibility index (Phi) is 5.41. The molecule has 0 spiro atoms. The van der Waals surface area contributed by atoms with Crippen molar-refractivity contribution in [3.8, 4) is 0 Å². The first kappa shape index (κ1) is 8.56. The third kappa shape index (κ3) is 4.09. The highest BCUT2D eigenvalue weighted by atomic mass is 35.5. The van der Waals surface area contributed by atoms with Gasteiger partial charge in [0.1, 0.15) is 13.0 Å². The largest absolute Gasteiger partial charge is 0.478 e. The normalized spacial score (nSPS) is 11.2. The summed E-state index contributed by atoms with van der Waals surface area (Å²) in [4.78, 5) is 4.43. The quantitative estimate of drug-likeness (QED) is 0.263. The Hall–Kier alpha value is -0.440. The third-order valence-corrected chi connectivity index (χ3v) is 0.847. The van der Waals surface area contributed by atoms with Crippen molar-refractivity contribution in [2.75, 3.05) is 19.6 Å². The SMILES string of the molecule is CCO/C(CCl)=N\OC. The van der Waals surface area contributed by atoms with Crippen molar-refractivity contribution >= 4 is 17.5 Å². The van der Waals surface area contributed by atoms with Gasteiger partial charge in [-0.15, -0.1) is 11.6 Å². The topological polar surface area (TPSA) is 30.8 Å². The number of rotatable bonds is 3. The Morgan fingerprint density at radius 2 is 2.33 bits per heavy atom. The van der Waals surface area contributed by atoms with Gasteiger partial charge in [-0.2, -0.15) is 0 Å². The third-order valence-electron chi connectivity index (χ3n) is 0.618. The molecular formula is C5H10ClNO2. The van der Waals surface area contributed by atoms with Crippen molar-refractivity contribution in [3.63, 3.8) is 0 Å². The molecule has 0 aromatic heterocycles. The zero-order valence-corrected chi connectivity index (χ0v) is 6.31. The van der Waals surface area contributed by atoms with Gasteiger partial charge < -0.3 is 9.57 Å². The molecule has 0 fully saturated rings. The molecule has 0 amide bonds. The summed E-state index contributed by atoms with van der Waals surface area (Å²) >= 11 is 5.39. The standard InChI is InChI=1S/C5H10ClNO2/c1-3-9-5(4-6)7-8-2/h3-4H2,1-2H3/b7-5-. The molecule has 0 aromatic carbocycles. The molecule has 0 aromatic rings. The average Bonchev–Trinajstić information content (AvgIpc) is 1.88. The van der Waals surface area contributed by atoms with Gasteiger partial charge in [0.2, 0.25) is 5.90 Å². The van der Waals surface area contributed by atoms with E-state index in [-0.39, 0.29) is 5.88 Å². The number of hydrogen-bond acceptors (Lipinski definition) is 3. The minimum atomic E-state index is 0.252. The first-order valence-electron chi connectivity index (χ1n) is 2.64. The molecule has 0 aliphatic rings. The zero-order chi connectivity index (χ0) is 7.11. The number of halogens is 1. The number of nitrogens with zero attached hydrogens (tertiary/aromatic N) is 1. The van der Waals surface area contributed by atoms with E-state index in [0.717, 1.165) is 0 Å². The predicted molar refractivity (Wildman–Crippen MR) is 36.8 cm³/mol. The van der Waals surface area contributed by atoms with Crippen LogP contribution in [0.25, 0.3) is 0 Å². The summed E-state index contributed by atoms with van der Waals surface area (Å²) in [7, 11) is 1.45. The molecule has 0 unspecified atom stereocenters. The maximum Gasteiger partial charge on any atom is 0.240 e. The highest BCUT2D eigenvalue weighted by Crippen LogP contribution is 1.86. The molecular weight excluding hydrogens is 142 g/mol. The van der Waals surface area contributed by atoms with Crippen LogP contribution >= 0.6 is 11.6 Å². The van der Waals surface area contributed by atoms with Gasteiger partial charge in [0.15, 0.2) is 0 Å². The minimum Gasteiger partial charge on any atom is -0.478 e. The smallest absolute Gasteiger partial charge is 0.240 e. The van der Waals surface area contributed by atoms with E-state index in [2.05, 4.69) is 9.99 Å². The molecule has 0 saturated heterocycles. The molecule has 0 bridgehead atoms. The predicted octanol–water partition coefficient (Wildman–Crippen LogP) is 1.22. The maximum atomic E-state index is 5.39. The summed E-state index contributed by atoms with van der Waals surface area (Å²) in [5.41, 5.74) is 0. The van der Waals surface area contributed by atoms with Crippen molar-refractivity contribution < 1.29 is 9.57 Å². The van der Waals surface area contributed by atoms with Crippen molar-refractivity contribution in [1.82, 2.24) is 0 Å². The Labute approximate surface area is 59.6 Å². The van der Waals surface area contributed by atoms with Crippen LogP contribution in [0, 0.1) is 0 Å². The number of oxime groups is 1. The minimum absolute atomic E-state index is 0.252. The van der Waals surface area contributed by atoms with E-state index in [0.29, 0.717) is 12.5 Å². The lowest BCUT2D eigenvalue weighted by atomic mass is 10.7. The van der Waals surface area contributed by atoms with Gasteiger partial charge >= 0.3 is 0 Å². The summed E-state index contributed by atoms with van der Waals surface area (Å²) in [6.45, 7) is 2.42. The highest BCUT2D eigenvalue weighted by Gasteiger charge is 1.94. The fourth-order valence-electron chi connectivity index (χ4n) is 0.358. The molecule has 0 atom stereocenters. The number of alkyl halides is 1. The van der Waals surface area contributed by atoms with Crippen LogP contribution in [0.2, 0.25) is 0 Å². The van der Waals surface area contributed by atoms with Gasteiger partial charge in [0.25, 0.3) is 0 Å². The van der Waals surface area contributed by atoms with E-state index < -0.39 is 0 Å². The lowest BCUT2D eigenvalue weighted by Crippen LogP contribution is -2.06. The van der Waals surface area contributed by atoms with Gasteiger partial charge in [-0.1, -0.05) is 5.16 Å².